The van der Waals surface area contributed by atoms with Gasteiger partial charge in [-0.05, 0) is 47.2 Å². The van der Waals surface area contributed by atoms with Gasteiger partial charge in [-0.15, -0.1) is 0 Å². The van der Waals surface area contributed by atoms with Crippen LogP contribution in [-0.4, -0.2) is 36.5 Å². The molecule has 4 aromatic carbocycles. The maximum absolute atomic E-state index is 13.6. The van der Waals surface area contributed by atoms with Crippen LogP contribution in [0, 0.1) is 0 Å². The maximum atomic E-state index is 13.6. The molecule has 0 spiro atoms. The van der Waals surface area contributed by atoms with Gasteiger partial charge in [0.05, 0.1) is 12.6 Å². The van der Waals surface area contributed by atoms with Crippen molar-refractivity contribution in [3.8, 4) is 11.1 Å². The second-order valence-electron chi connectivity index (χ2n) is 9.99. The molecule has 0 aliphatic heterocycles. The van der Waals surface area contributed by atoms with E-state index in [1.54, 1.807) is 19.1 Å². The van der Waals surface area contributed by atoms with Crippen LogP contribution in [0.15, 0.2) is 133 Å². The lowest BCUT2D eigenvalue weighted by Gasteiger charge is -2.22. The summed E-state index contributed by atoms with van der Waals surface area (Å²) in [5.41, 5.74) is 4.97. The molecule has 0 saturated carbocycles. The largest absolute Gasteiger partial charge is 0.463 e. The van der Waals surface area contributed by atoms with E-state index < -0.39 is 18.1 Å². The number of hydrogen-bond acceptors (Lipinski definition) is 4. The third-order valence-corrected chi connectivity index (χ3v) is 6.74. The molecule has 0 bridgehead atoms. The van der Waals surface area contributed by atoms with Crippen LogP contribution in [0.5, 0.6) is 0 Å². The zero-order chi connectivity index (χ0) is 30.3. The predicted molar refractivity (Wildman–Crippen MR) is 171 cm³/mol. The standard InChI is InChI=1S/C37H36N2O4/c1-2-43-36(41)25-23-33(26-29-12-6-3-7-13-29)38-37(42)34(27-30-14-8-4-9-15-30)39-35(40)24-20-28-18-21-32(22-19-28)31-16-10-5-11-17-31/h3-25,33-34H,2,26-27H2,1H3,(H,38,42)(H,39,40)/b24-20+,25-23+. The highest BCUT2D eigenvalue weighted by atomic mass is 16.5. The van der Waals surface area contributed by atoms with Crippen molar-refractivity contribution in [2.75, 3.05) is 6.61 Å². The lowest BCUT2D eigenvalue weighted by Crippen LogP contribution is -2.50. The minimum Gasteiger partial charge on any atom is -0.463 e. The van der Waals surface area contributed by atoms with Gasteiger partial charge in [0.2, 0.25) is 11.8 Å². The third-order valence-electron chi connectivity index (χ3n) is 6.74. The average Bonchev–Trinajstić information content (AvgIpc) is 3.04. The van der Waals surface area contributed by atoms with Crippen LogP contribution in [0.25, 0.3) is 17.2 Å². The fraction of sp³-hybridized carbons (Fsp3) is 0.162. The van der Waals surface area contributed by atoms with Gasteiger partial charge in [0.1, 0.15) is 6.04 Å². The molecule has 0 fully saturated rings. The molecule has 0 aromatic heterocycles. The number of amides is 2. The molecule has 0 aliphatic rings. The molecule has 0 saturated heterocycles. The topological polar surface area (TPSA) is 84.5 Å². The Morgan fingerprint density at radius 2 is 1.23 bits per heavy atom. The molecule has 6 nitrogen and oxygen atoms in total. The van der Waals surface area contributed by atoms with Crippen molar-refractivity contribution < 1.29 is 19.1 Å². The van der Waals surface area contributed by atoms with E-state index in [-0.39, 0.29) is 18.4 Å². The van der Waals surface area contributed by atoms with Gasteiger partial charge in [0, 0.05) is 18.6 Å². The summed E-state index contributed by atoms with van der Waals surface area (Å²) in [7, 11) is 0. The van der Waals surface area contributed by atoms with Crippen molar-refractivity contribution in [2.45, 2.75) is 31.8 Å². The molecule has 4 aromatic rings. The van der Waals surface area contributed by atoms with Crippen LogP contribution in [0.2, 0.25) is 0 Å². The van der Waals surface area contributed by atoms with Crippen LogP contribution in [0.3, 0.4) is 0 Å². The van der Waals surface area contributed by atoms with E-state index in [1.807, 2.05) is 115 Å². The quantitative estimate of drug-likeness (QED) is 0.153. The molecule has 43 heavy (non-hydrogen) atoms. The van der Waals surface area contributed by atoms with E-state index in [1.165, 1.54) is 12.2 Å². The second-order valence-corrected chi connectivity index (χ2v) is 9.99. The van der Waals surface area contributed by atoms with Gasteiger partial charge >= 0.3 is 5.97 Å². The summed E-state index contributed by atoms with van der Waals surface area (Å²) >= 11 is 0. The molecule has 2 atom stereocenters. The lowest BCUT2D eigenvalue weighted by molar-refractivity contribution is -0.137. The molecular weight excluding hydrogens is 536 g/mol. The fourth-order valence-corrected chi connectivity index (χ4v) is 4.57. The SMILES string of the molecule is CCOC(=O)/C=C/C(Cc1ccccc1)NC(=O)C(Cc1ccccc1)NC(=O)/C=C/c1ccc(-c2ccccc2)cc1. The number of carbonyl (C=O) groups is 3. The number of esters is 1. The van der Waals surface area contributed by atoms with Crippen molar-refractivity contribution in [3.05, 3.63) is 150 Å². The summed E-state index contributed by atoms with van der Waals surface area (Å²) in [6.45, 7) is 1.99. The van der Waals surface area contributed by atoms with E-state index in [0.717, 1.165) is 27.8 Å². The van der Waals surface area contributed by atoms with E-state index >= 15 is 0 Å². The Balaban J connectivity index is 1.47. The van der Waals surface area contributed by atoms with Gasteiger partial charge in [-0.25, -0.2) is 4.79 Å². The highest BCUT2D eigenvalue weighted by Gasteiger charge is 2.23. The minimum atomic E-state index is -0.839. The average molecular weight is 573 g/mol. The van der Waals surface area contributed by atoms with Crippen LogP contribution < -0.4 is 10.6 Å². The number of ether oxygens (including phenoxy) is 1. The van der Waals surface area contributed by atoms with Gasteiger partial charge in [0.25, 0.3) is 0 Å². The van der Waals surface area contributed by atoms with Gasteiger partial charge in [-0.2, -0.15) is 0 Å². The summed E-state index contributed by atoms with van der Waals surface area (Å²) < 4.78 is 5.02. The highest BCUT2D eigenvalue weighted by Crippen LogP contribution is 2.19. The highest BCUT2D eigenvalue weighted by molar-refractivity contribution is 5.96. The van der Waals surface area contributed by atoms with Crippen molar-refractivity contribution in [1.29, 1.82) is 0 Å². The van der Waals surface area contributed by atoms with Crippen molar-refractivity contribution in [2.24, 2.45) is 0 Å². The van der Waals surface area contributed by atoms with Gasteiger partial charge in [-0.1, -0.05) is 121 Å². The first-order valence-corrected chi connectivity index (χ1v) is 14.4. The maximum Gasteiger partial charge on any atom is 0.330 e. The Kier molecular flexibility index (Phi) is 11.6. The van der Waals surface area contributed by atoms with Crippen molar-refractivity contribution >= 4 is 23.9 Å². The Labute approximate surface area is 253 Å². The van der Waals surface area contributed by atoms with Crippen LogP contribution in [0.4, 0.5) is 0 Å². The normalized spacial score (nSPS) is 12.5. The van der Waals surface area contributed by atoms with Crippen LogP contribution in [0.1, 0.15) is 23.6 Å². The van der Waals surface area contributed by atoms with Crippen molar-refractivity contribution in [3.63, 3.8) is 0 Å². The summed E-state index contributed by atoms with van der Waals surface area (Å²) in [6.07, 6.45) is 6.88. The molecule has 0 aliphatic carbocycles. The minimum absolute atomic E-state index is 0.259. The summed E-state index contributed by atoms with van der Waals surface area (Å²) in [5.74, 6) is -1.22. The van der Waals surface area contributed by atoms with E-state index in [4.69, 9.17) is 4.74 Å². The first-order chi connectivity index (χ1) is 21.0. The molecule has 218 valence electrons. The van der Waals surface area contributed by atoms with E-state index in [2.05, 4.69) is 10.6 Å². The monoisotopic (exact) mass is 572 g/mol. The van der Waals surface area contributed by atoms with Gasteiger partial charge in [0.15, 0.2) is 0 Å². The van der Waals surface area contributed by atoms with Crippen molar-refractivity contribution in [1.82, 2.24) is 10.6 Å². The Morgan fingerprint density at radius 1 is 0.674 bits per heavy atom. The molecule has 4 rings (SSSR count). The lowest BCUT2D eigenvalue weighted by atomic mass is 10.0. The zero-order valence-electron chi connectivity index (χ0n) is 24.2. The number of carbonyl (C=O) groups excluding carboxylic acids is 3. The van der Waals surface area contributed by atoms with Crippen LogP contribution in [-0.2, 0) is 32.0 Å². The summed E-state index contributed by atoms with van der Waals surface area (Å²) in [6, 6.07) is 35.8. The molecule has 6 heteroatoms. The number of rotatable bonds is 13. The summed E-state index contributed by atoms with van der Waals surface area (Å²) in [4.78, 5) is 38.6. The Hall–Kier alpha value is -5.23. The molecule has 0 heterocycles. The summed E-state index contributed by atoms with van der Waals surface area (Å²) in [5, 5.41) is 5.89. The Bertz CT molecular complexity index is 1520. The predicted octanol–water partition coefficient (Wildman–Crippen LogP) is 5.94. The van der Waals surface area contributed by atoms with Gasteiger partial charge < -0.3 is 15.4 Å². The third kappa shape index (κ3) is 10.3. The van der Waals surface area contributed by atoms with E-state index in [0.29, 0.717) is 12.8 Å². The number of hydrogen-bond donors (Lipinski definition) is 2. The Morgan fingerprint density at radius 3 is 1.84 bits per heavy atom. The van der Waals surface area contributed by atoms with E-state index in [9.17, 15) is 14.4 Å². The molecule has 2 amide bonds. The number of nitrogens with one attached hydrogen (secondary N) is 2. The van der Waals surface area contributed by atoms with Crippen LogP contribution >= 0.6 is 0 Å². The molecule has 0 radical (unpaired) electrons. The smallest absolute Gasteiger partial charge is 0.330 e. The zero-order valence-corrected chi connectivity index (χ0v) is 24.2. The first-order valence-electron chi connectivity index (χ1n) is 14.4. The molecule has 2 unspecified atom stereocenters. The molecule has 2 N–H and O–H groups in total. The fourth-order valence-electron chi connectivity index (χ4n) is 4.57. The first kappa shape index (κ1) is 30.7. The van der Waals surface area contributed by atoms with Gasteiger partial charge in [-0.3, -0.25) is 9.59 Å². The molecular formula is C37H36N2O4. The number of benzene rings is 4. The second kappa shape index (κ2) is 16.3.